The molecule has 0 aromatic carbocycles. The number of thioether (sulfide) groups is 1. The molecule has 0 aliphatic heterocycles. The van der Waals surface area contributed by atoms with Crippen LogP contribution in [0.3, 0.4) is 0 Å². The van der Waals surface area contributed by atoms with E-state index in [0.29, 0.717) is 0 Å². The highest BCUT2D eigenvalue weighted by Crippen LogP contribution is 2.31. The molecule has 1 aromatic heterocycles. The lowest BCUT2D eigenvalue weighted by Gasteiger charge is -2.23. The summed E-state index contributed by atoms with van der Waals surface area (Å²) in [6, 6.07) is 0.0354. The molecule has 0 saturated heterocycles. The molecule has 1 rings (SSSR count). The largest absolute Gasteiger partial charge is 0.493 e. The number of rotatable bonds is 7. The fourth-order valence-corrected chi connectivity index (χ4v) is 2.74. The molecule has 0 saturated carbocycles. The molecule has 0 aliphatic rings. The highest BCUT2D eigenvalue weighted by atomic mass is 32.2. The molecular formula is C13H26N4OS. The Kier molecular flexibility index (Phi) is 6.16. The molecule has 1 aromatic rings. The average Bonchev–Trinajstić information content (AvgIpc) is 2.73. The van der Waals surface area contributed by atoms with E-state index in [0.717, 1.165) is 30.2 Å². The third-order valence-electron chi connectivity index (χ3n) is 2.71. The Balaban J connectivity index is 2.92. The molecule has 0 radical (unpaired) electrons. The predicted octanol–water partition coefficient (Wildman–Crippen LogP) is 2.34. The first-order valence-electron chi connectivity index (χ1n) is 6.62. The molecule has 1 heterocycles. The summed E-state index contributed by atoms with van der Waals surface area (Å²) in [4.78, 5) is 0. The topological polar surface area (TPSA) is 65.1 Å². The molecule has 0 amide bonds. The number of ether oxygens (including phenoxy) is 1. The fraction of sp³-hybridized carbons (Fsp3) is 0.769. The number of aromatic nitrogens is 2. The number of nitrogens with zero attached hydrogens (tertiary/aromatic N) is 2. The molecule has 110 valence electrons. The van der Waals surface area contributed by atoms with Gasteiger partial charge < -0.3 is 4.74 Å². The van der Waals surface area contributed by atoms with Crippen LogP contribution in [0.25, 0.3) is 0 Å². The summed E-state index contributed by atoms with van der Waals surface area (Å²) in [6.07, 6.45) is 2.79. The highest BCUT2D eigenvalue weighted by Gasteiger charge is 2.23. The minimum absolute atomic E-state index is 0.0354. The summed E-state index contributed by atoms with van der Waals surface area (Å²) < 4.78 is 7.58. The first-order chi connectivity index (χ1) is 8.92. The molecule has 0 bridgehead atoms. The number of hydrogen-bond acceptors (Lipinski definition) is 5. The lowest BCUT2D eigenvalue weighted by atomic mass is 10.2. The second-order valence-corrected chi connectivity index (χ2v) is 7.31. The van der Waals surface area contributed by atoms with E-state index in [2.05, 4.69) is 38.2 Å². The number of nitrogens with one attached hydrogen (secondary N) is 1. The van der Waals surface area contributed by atoms with Gasteiger partial charge >= 0.3 is 0 Å². The monoisotopic (exact) mass is 286 g/mol. The summed E-state index contributed by atoms with van der Waals surface area (Å²) in [5.74, 6) is 7.40. The first-order valence-corrected chi connectivity index (χ1v) is 7.61. The zero-order valence-corrected chi connectivity index (χ0v) is 13.4. The molecule has 1 unspecified atom stereocenters. The van der Waals surface area contributed by atoms with E-state index in [1.165, 1.54) is 0 Å². The second-order valence-electron chi connectivity index (χ2n) is 5.46. The SMILES string of the molecule is CCCn1ncc(OC)c1C(CSC(C)(C)C)NN. The van der Waals surface area contributed by atoms with E-state index in [-0.39, 0.29) is 10.8 Å². The number of aryl methyl sites for hydroxylation is 1. The Morgan fingerprint density at radius 1 is 1.53 bits per heavy atom. The maximum atomic E-state index is 5.72. The summed E-state index contributed by atoms with van der Waals surface area (Å²) in [6.45, 7) is 9.60. The Hall–Kier alpha value is -0.720. The highest BCUT2D eigenvalue weighted by molar-refractivity contribution is 8.00. The van der Waals surface area contributed by atoms with Gasteiger partial charge in [-0.25, -0.2) is 0 Å². The molecule has 0 spiro atoms. The predicted molar refractivity (Wildman–Crippen MR) is 81.3 cm³/mol. The van der Waals surface area contributed by atoms with Crippen molar-refractivity contribution in [2.75, 3.05) is 12.9 Å². The van der Waals surface area contributed by atoms with Crippen molar-refractivity contribution >= 4 is 11.8 Å². The summed E-state index contributed by atoms with van der Waals surface area (Å²) in [5.41, 5.74) is 3.92. The zero-order chi connectivity index (χ0) is 14.5. The molecule has 6 heteroatoms. The van der Waals surface area contributed by atoms with E-state index < -0.39 is 0 Å². The molecule has 19 heavy (non-hydrogen) atoms. The minimum Gasteiger partial charge on any atom is -0.493 e. The maximum absolute atomic E-state index is 5.72. The third-order valence-corrected chi connectivity index (χ3v) is 4.08. The first kappa shape index (κ1) is 16.3. The van der Waals surface area contributed by atoms with Crippen LogP contribution in [0.2, 0.25) is 0 Å². The second kappa shape index (κ2) is 7.17. The van der Waals surface area contributed by atoms with E-state index in [9.17, 15) is 0 Å². The quantitative estimate of drug-likeness (QED) is 0.595. The van der Waals surface area contributed by atoms with Crippen molar-refractivity contribution in [3.63, 3.8) is 0 Å². The van der Waals surface area contributed by atoms with Crippen LogP contribution in [0, 0.1) is 0 Å². The van der Waals surface area contributed by atoms with Crippen molar-refractivity contribution in [1.82, 2.24) is 15.2 Å². The van der Waals surface area contributed by atoms with Crippen LogP contribution >= 0.6 is 11.8 Å². The number of hydrogen-bond donors (Lipinski definition) is 2. The normalized spacial score (nSPS) is 13.6. The van der Waals surface area contributed by atoms with E-state index in [4.69, 9.17) is 10.6 Å². The van der Waals surface area contributed by atoms with Gasteiger partial charge in [0, 0.05) is 17.0 Å². The van der Waals surface area contributed by atoms with Gasteiger partial charge in [0.2, 0.25) is 0 Å². The summed E-state index contributed by atoms with van der Waals surface area (Å²) in [5, 5.41) is 4.38. The third kappa shape index (κ3) is 4.71. The summed E-state index contributed by atoms with van der Waals surface area (Å²) in [7, 11) is 1.67. The van der Waals surface area contributed by atoms with Crippen LogP contribution in [0.5, 0.6) is 5.75 Å². The van der Waals surface area contributed by atoms with Crippen molar-refractivity contribution < 1.29 is 4.74 Å². The Labute approximate surface area is 120 Å². The lowest BCUT2D eigenvalue weighted by molar-refractivity contribution is 0.396. The van der Waals surface area contributed by atoms with Gasteiger partial charge in [0.25, 0.3) is 0 Å². The van der Waals surface area contributed by atoms with Crippen LogP contribution in [0.1, 0.15) is 45.9 Å². The molecule has 5 nitrogen and oxygen atoms in total. The van der Waals surface area contributed by atoms with Crippen LogP contribution in [-0.2, 0) is 6.54 Å². The van der Waals surface area contributed by atoms with Crippen LogP contribution in [-0.4, -0.2) is 27.4 Å². The van der Waals surface area contributed by atoms with Gasteiger partial charge in [0.05, 0.1) is 25.0 Å². The number of nitrogens with two attached hydrogens (primary N) is 1. The molecule has 0 fully saturated rings. The molecule has 1 atom stereocenters. The summed E-state index contributed by atoms with van der Waals surface area (Å²) >= 11 is 1.87. The molecular weight excluding hydrogens is 260 g/mol. The van der Waals surface area contributed by atoms with Crippen molar-refractivity contribution in [3.8, 4) is 5.75 Å². The number of methoxy groups -OCH3 is 1. The van der Waals surface area contributed by atoms with Crippen molar-refractivity contribution in [1.29, 1.82) is 0 Å². The van der Waals surface area contributed by atoms with Gasteiger partial charge in [0.1, 0.15) is 0 Å². The van der Waals surface area contributed by atoms with Gasteiger partial charge in [0.15, 0.2) is 5.75 Å². The van der Waals surface area contributed by atoms with E-state index in [1.807, 2.05) is 16.4 Å². The number of hydrazine groups is 1. The smallest absolute Gasteiger partial charge is 0.161 e. The fourth-order valence-electron chi connectivity index (χ4n) is 1.82. The van der Waals surface area contributed by atoms with Crippen molar-refractivity contribution in [2.45, 2.75) is 51.4 Å². The van der Waals surface area contributed by atoms with Gasteiger partial charge in [-0.3, -0.25) is 16.0 Å². The van der Waals surface area contributed by atoms with Gasteiger partial charge in [-0.2, -0.15) is 16.9 Å². The Bertz CT molecular complexity index is 386. The van der Waals surface area contributed by atoms with E-state index in [1.54, 1.807) is 13.3 Å². The maximum Gasteiger partial charge on any atom is 0.161 e. The van der Waals surface area contributed by atoms with Gasteiger partial charge in [-0.05, 0) is 6.42 Å². The molecule has 3 N–H and O–H groups in total. The standard InChI is InChI=1S/C13H26N4OS/c1-6-7-17-12(11(18-5)8-15-17)10(16-14)9-19-13(2,3)4/h8,10,16H,6-7,9,14H2,1-5H3. The van der Waals surface area contributed by atoms with Crippen LogP contribution in [0.15, 0.2) is 6.20 Å². The molecule has 0 aliphatic carbocycles. The van der Waals surface area contributed by atoms with Gasteiger partial charge in [-0.15, -0.1) is 0 Å². The van der Waals surface area contributed by atoms with E-state index >= 15 is 0 Å². The lowest BCUT2D eigenvalue weighted by Crippen LogP contribution is -2.33. The Morgan fingerprint density at radius 3 is 2.68 bits per heavy atom. The van der Waals surface area contributed by atoms with Crippen molar-refractivity contribution in [2.24, 2.45) is 5.84 Å². The average molecular weight is 286 g/mol. The minimum atomic E-state index is 0.0354. The van der Waals surface area contributed by atoms with Crippen LogP contribution in [0.4, 0.5) is 0 Å². The zero-order valence-electron chi connectivity index (χ0n) is 12.6. The van der Waals surface area contributed by atoms with Gasteiger partial charge in [-0.1, -0.05) is 27.7 Å². The van der Waals surface area contributed by atoms with Crippen LogP contribution < -0.4 is 16.0 Å². The Morgan fingerprint density at radius 2 is 2.21 bits per heavy atom. The van der Waals surface area contributed by atoms with Crippen molar-refractivity contribution in [3.05, 3.63) is 11.9 Å².